The van der Waals surface area contributed by atoms with Crippen molar-refractivity contribution in [2.75, 3.05) is 0 Å². The Morgan fingerprint density at radius 3 is 2.00 bits per heavy atom. The predicted octanol–water partition coefficient (Wildman–Crippen LogP) is 9.08. The minimum atomic E-state index is -5.26. The molecule has 0 fully saturated rings. The Hall–Kier alpha value is -4.36. The van der Waals surface area contributed by atoms with E-state index in [4.69, 9.17) is 0 Å². The highest BCUT2D eigenvalue weighted by molar-refractivity contribution is 5.86. The molecule has 4 aromatic rings. The summed E-state index contributed by atoms with van der Waals surface area (Å²) in [7, 11) is 0. The zero-order valence-electron chi connectivity index (χ0n) is 21.6. The van der Waals surface area contributed by atoms with E-state index in [1.165, 1.54) is 37.3 Å². The number of unbranched alkanes of at least 4 members (excludes halogenated alkanes) is 3. The summed E-state index contributed by atoms with van der Waals surface area (Å²) in [5, 5.41) is 0.860. The van der Waals surface area contributed by atoms with Crippen LogP contribution in [0.5, 0.6) is 5.75 Å². The molecule has 4 rings (SSSR count). The van der Waals surface area contributed by atoms with Crippen molar-refractivity contribution in [1.29, 1.82) is 0 Å². The van der Waals surface area contributed by atoms with Crippen LogP contribution in [-0.4, -0.2) is 6.36 Å². The molecule has 0 saturated carbocycles. The van der Waals surface area contributed by atoms with Crippen molar-refractivity contribution in [2.24, 2.45) is 0 Å². The van der Waals surface area contributed by atoms with Gasteiger partial charge < -0.3 is 4.74 Å². The second-order valence-corrected chi connectivity index (χ2v) is 9.19. The van der Waals surface area contributed by atoms with Gasteiger partial charge in [-0.1, -0.05) is 74.1 Å². The maximum atomic E-state index is 15.1. The molecule has 0 spiro atoms. The van der Waals surface area contributed by atoms with Crippen molar-refractivity contribution in [3.05, 3.63) is 112 Å². The summed E-state index contributed by atoms with van der Waals surface area (Å²) in [5.41, 5.74) is 2.53. The molecule has 0 amide bonds. The summed E-state index contributed by atoms with van der Waals surface area (Å²) in [6, 6.07) is 17.4. The number of alkyl halides is 3. The van der Waals surface area contributed by atoms with Gasteiger partial charge in [0.1, 0.15) is 5.82 Å². The molecule has 204 valence electrons. The van der Waals surface area contributed by atoms with Gasteiger partial charge >= 0.3 is 6.36 Å². The van der Waals surface area contributed by atoms with Gasteiger partial charge in [-0.3, -0.25) is 0 Å². The van der Waals surface area contributed by atoms with Crippen LogP contribution in [0.4, 0.5) is 26.3 Å². The number of fused-ring (bicyclic) bond motifs is 1. The second-order valence-electron chi connectivity index (χ2n) is 9.19. The average Bonchev–Trinajstić information content (AvgIpc) is 2.92. The molecule has 0 N–H and O–H groups in total. The van der Waals surface area contributed by atoms with Gasteiger partial charge in [-0.25, -0.2) is 13.2 Å². The zero-order chi connectivity index (χ0) is 28.7. The van der Waals surface area contributed by atoms with Gasteiger partial charge in [0.2, 0.25) is 5.75 Å². The summed E-state index contributed by atoms with van der Waals surface area (Å²) in [4.78, 5) is 0. The molecule has 0 saturated heterocycles. The van der Waals surface area contributed by atoms with Crippen LogP contribution in [0, 0.1) is 41.1 Å². The standard InChI is InChI=1S/C33H24F6O/c1-2-3-4-5-6-22-7-9-23(10-8-22)11-12-24-14-18-28-27(19-24)17-16-26(31(28)36)15-13-25-20-29(34)32(30(35)21-25)40-33(37,38)39/h7-10,14,16-21H,2-6H2,1H3. The first kappa shape index (κ1) is 28.6. The Bertz CT molecular complexity index is 1610. The minimum Gasteiger partial charge on any atom is -0.399 e. The molecular weight excluding hydrogens is 526 g/mol. The molecule has 0 unspecified atom stereocenters. The Morgan fingerprint density at radius 1 is 0.675 bits per heavy atom. The lowest BCUT2D eigenvalue weighted by Gasteiger charge is -2.10. The molecular formula is C33H24F6O. The topological polar surface area (TPSA) is 9.23 Å². The maximum Gasteiger partial charge on any atom is 0.573 e. The van der Waals surface area contributed by atoms with Gasteiger partial charge in [-0.05, 0) is 66.3 Å². The average molecular weight is 551 g/mol. The van der Waals surface area contributed by atoms with Crippen molar-refractivity contribution in [3.8, 4) is 29.4 Å². The number of rotatable bonds is 6. The van der Waals surface area contributed by atoms with Crippen LogP contribution < -0.4 is 4.74 Å². The normalized spacial score (nSPS) is 11.0. The summed E-state index contributed by atoms with van der Waals surface area (Å²) in [5.74, 6) is 5.69. The number of benzene rings is 4. The van der Waals surface area contributed by atoms with E-state index in [1.807, 2.05) is 12.1 Å². The van der Waals surface area contributed by atoms with E-state index in [0.717, 1.165) is 12.0 Å². The number of halogens is 6. The highest BCUT2D eigenvalue weighted by Gasteiger charge is 2.34. The third-order valence-electron chi connectivity index (χ3n) is 6.14. The van der Waals surface area contributed by atoms with E-state index in [-0.39, 0.29) is 16.5 Å². The number of aryl methyl sites for hydroxylation is 1. The van der Waals surface area contributed by atoms with Crippen LogP contribution in [0.3, 0.4) is 0 Å². The Kier molecular flexibility index (Phi) is 9.07. The molecule has 0 bridgehead atoms. The van der Waals surface area contributed by atoms with E-state index in [0.29, 0.717) is 23.1 Å². The number of ether oxygens (including phenoxy) is 1. The Balaban J connectivity index is 1.49. The summed E-state index contributed by atoms with van der Waals surface area (Å²) in [6.45, 7) is 2.19. The quantitative estimate of drug-likeness (QED) is 0.132. The Labute approximate surface area is 228 Å². The van der Waals surface area contributed by atoms with Gasteiger partial charge in [-0.15, -0.1) is 13.2 Å². The largest absolute Gasteiger partial charge is 0.573 e. The third kappa shape index (κ3) is 7.61. The molecule has 0 aliphatic heterocycles. The maximum absolute atomic E-state index is 15.1. The molecule has 0 radical (unpaired) electrons. The fraction of sp³-hybridized carbons (Fsp3) is 0.212. The van der Waals surface area contributed by atoms with Crippen LogP contribution in [0.2, 0.25) is 0 Å². The molecule has 4 aromatic carbocycles. The monoisotopic (exact) mass is 550 g/mol. The van der Waals surface area contributed by atoms with Crippen molar-refractivity contribution in [1.82, 2.24) is 0 Å². The first-order valence-corrected chi connectivity index (χ1v) is 12.7. The summed E-state index contributed by atoms with van der Waals surface area (Å²) < 4.78 is 83.3. The van der Waals surface area contributed by atoms with Gasteiger partial charge in [0.05, 0.1) is 5.56 Å². The molecule has 1 nitrogen and oxygen atoms in total. The third-order valence-corrected chi connectivity index (χ3v) is 6.14. The predicted molar refractivity (Wildman–Crippen MR) is 143 cm³/mol. The molecule has 0 atom stereocenters. The molecule has 0 aliphatic carbocycles. The highest BCUT2D eigenvalue weighted by Crippen LogP contribution is 2.29. The van der Waals surface area contributed by atoms with Crippen molar-refractivity contribution in [2.45, 2.75) is 45.4 Å². The lowest BCUT2D eigenvalue weighted by molar-refractivity contribution is -0.276. The fourth-order valence-electron chi connectivity index (χ4n) is 4.11. The number of hydrogen-bond donors (Lipinski definition) is 0. The van der Waals surface area contributed by atoms with Gasteiger partial charge in [0.15, 0.2) is 11.6 Å². The summed E-state index contributed by atoms with van der Waals surface area (Å²) in [6.07, 6.45) is 0.649. The lowest BCUT2D eigenvalue weighted by Crippen LogP contribution is -2.19. The molecule has 0 heterocycles. The highest BCUT2D eigenvalue weighted by atomic mass is 19.4. The number of hydrogen-bond acceptors (Lipinski definition) is 1. The minimum absolute atomic E-state index is 0.0439. The van der Waals surface area contributed by atoms with Gasteiger partial charge in [0.25, 0.3) is 0 Å². The smallest absolute Gasteiger partial charge is 0.399 e. The van der Waals surface area contributed by atoms with Crippen molar-refractivity contribution >= 4 is 10.8 Å². The zero-order valence-corrected chi connectivity index (χ0v) is 21.6. The van der Waals surface area contributed by atoms with Crippen molar-refractivity contribution < 1.29 is 31.1 Å². The molecule has 0 aliphatic rings. The van der Waals surface area contributed by atoms with Crippen LogP contribution in [0.25, 0.3) is 10.8 Å². The van der Waals surface area contributed by atoms with E-state index in [1.54, 1.807) is 24.3 Å². The van der Waals surface area contributed by atoms with E-state index in [9.17, 15) is 22.0 Å². The van der Waals surface area contributed by atoms with Crippen molar-refractivity contribution in [3.63, 3.8) is 0 Å². The van der Waals surface area contributed by atoms with Crippen LogP contribution in [-0.2, 0) is 6.42 Å². The van der Waals surface area contributed by atoms with Gasteiger partial charge in [0, 0.05) is 22.1 Å². The first-order valence-electron chi connectivity index (χ1n) is 12.7. The molecule has 7 heteroatoms. The fourth-order valence-corrected chi connectivity index (χ4v) is 4.11. The first-order chi connectivity index (χ1) is 19.1. The Morgan fingerprint density at radius 2 is 1.32 bits per heavy atom. The van der Waals surface area contributed by atoms with Crippen LogP contribution >= 0.6 is 0 Å². The van der Waals surface area contributed by atoms with Crippen LogP contribution in [0.1, 0.15) is 60.4 Å². The van der Waals surface area contributed by atoms with E-state index >= 15 is 4.39 Å². The molecule has 0 aromatic heterocycles. The SMILES string of the molecule is CCCCCCc1ccc(C#Cc2ccc3c(F)c(C#Cc4cc(F)c(OC(F)(F)F)c(F)c4)ccc3c2)cc1. The van der Waals surface area contributed by atoms with Gasteiger partial charge in [-0.2, -0.15) is 0 Å². The van der Waals surface area contributed by atoms with Crippen LogP contribution in [0.15, 0.2) is 66.7 Å². The molecule has 40 heavy (non-hydrogen) atoms. The second kappa shape index (κ2) is 12.7. The van der Waals surface area contributed by atoms with E-state index < -0.39 is 29.6 Å². The van der Waals surface area contributed by atoms with E-state index in [2.05, 4.69) is 47.5 Å². The summed E-state index contributed by atoms with van der Waals surface area (Å²) >= 11 is 0. The lowest BCUT2D eigenvalue weighted by atomic mass is 10.0.